The number of benzene rings is 1. The van der Waals surface area contributed by atoms with Crippen molar-refractivity contribution in [3.63, 3.8) is 0 Å². The quantitative estimate of drug-likeness (QED) is 0.289. The molecule has 13 heteroatoms. The molecular weight excluding hydrogens is 552 g/mol. The van der Waals surface area contributed by atoms with Crippen LogP contribution in [-0.4, -0.2) is 55.1 Å². The van der Waals surface area contributed by atoms with Crippen molar-refractivity contribution in [3.8, 4) is 0 Å². The molecule has 1 aromatic carbocycles. The number of carbonyl (C=O) groups is 1. The van der Waals surface area contributed by atoms with Gasteiger partial charge >= 0.3 is 10.3 Å². The zero-order valence-corrected chi connectivity index (χ0v) is 23.3. The molecule has 2 aromatic heterocycles. The second-order valence-electron chi connectivity index (χ2n) is 8.97. The summed E-state index contributed by atoms with van der Waals surface area (Å²) in [7, 11) is -4.12. The highest BCUT2D eigenvalue weighted by Gasteiger charge is 2.28. The van der Waals surface area contributed by atoms with Gasteiger partial charge in [0.25, 0.3) is 0 Å². The lowest BCUT2D eigenvalue weighted by molar-refractivity contribution is 0.0697. The smallest absolute Gasteiger partial charge is 0.333 e. The van der Waals surface area contributed by atoms with Crippen LogP contribution in [0.2, 0.25) is 5.02 Å². The van der Waals surface area contributed by atoms with E-state index in [1.54, 1.807) is 6.92 Å². The number of aliphatic hydroxyl groups excluding tert-OH is 1. The molecule has 3 atom stereocenters. The van der Waals surface area contributed by atoms with Gasteiger partial charge in [0.1, 0.15) is 18.2 Å². The number of nitrogens with one attached hydrogen (secondary N) is 1. The molecular formula is C25H29ClN4O6S2. The van der Waals surface area contributed by atoms with Crippen LogP contribution in [0.5, 0.6) is 0 Å². The van der Waals surface area contributed by atoms with Gasteiger partial charge in [-0.1, -0.05) is 24.6 Å². The van der Waals surface area contributed by atoms with Gasteiger partial charge < -0.3 is 15.2 Å². The molecule has 3 heterocycles. The van der Waals surface area contributed by atoms with Gasteiger partial charge in [-0.25, -0.2) is 15.1 Å². The van der Waals surface area contributed by atoms with E-state index in [0.717, 1.165) is 22.4 Å². The average molecular weight is 581 g/mol. The van der Waals surface area contributed by atoms with Gasteiger partial charge in [0, 0.05) is 28.6 Å². The van der Waals surface area contributed by atoms with E-state index in [-0.39, 0.29) is 36.4 Å². The number of nitrogens with two attached hydrogens (primary N) is 1. The van der Waals surface area contributed by atoms with E-state index in [1.807, 2.05) is 31.2 Å². The average Bonchev–Trinajstić information content (AvgIpc) is 3.27. The first kappa shape index (κ1) is 28.6. The number of carbonyl (C=O) groups excluding carboxylic acids is 1. The third kappa shape index (κ3) is 6.75. The molecule has 1 unspecified atom stereocenters. The largest absolute Gasteiger partial charge is 0.391 e. The van der Waals surface area contributed by atoms with Crippen molar-refractivity contribution in [1.82, 2.24) is 9.97 Å². The Morgan fingerprint density at radius 3 is 2.89 bits per heavy atom. The lowest BCUT2D eigenvalue weighted by Gasteiger charge is -2.26. The minimum absolute atomic E-state index is 0.00591. The Labute approximate surface area is 230 Å². The molecule has 0 saturated carbocycles. The number of rotatable bonds is 11. The minimum atomic E-state index is -4.12. The van der Waals surface area contributed by atoms with E-state index in [1.165, 1.54) is 29.4 Å². The zero-order valence-electron chi connectivity index (χ0n) is 20.9. The van der Waals surface area contributed by atoms with Crippen molar-refractivity contribution in [3.05, 3.63) is 73.8 Å². The topological polar surface area (TPSA) is 154 Å². The Hall–Kier alpha value is -2.45. The first-order valence-corrected chi connectivity index (χ1v) is 14.7. The Morgan fingerprint density at radius 1 is 1.37 bits per heavy atom. The van der Waals surface area contributed by atoms with E-state index < -0.39 is 22.3 Å². The summed E-state index contributed by atoms with van der Waals surface area (Å²) in [5, 5.41) is 19.1. The highest BCUT2D eigenvalue weighted by molar-refractivity contribution is 7.84. The van der Waals surface area contributed by atoms with Gasteiger partial charge in [0.05, 0.1) is 29.8 Å². The predicted octanol–water partition coefficient (Wildman–Crippen LogP) is 3.41. The highest BCUT2D eigenvalue weighted by atomic mass is 35.5. The van der Waals surface area contributed by atoms with Crippen LogP contribution in [0.15, 0.2) is 36.8 Å². The van der Waals surface area contributed by atoms with E-state index in [0.29, 0.717) is 22.9 Å². The number of ether oxygens (including phenoxy) is 1. The summed E-state index contributed by atoms with van der Waals surface area (Å²) in [6.45, 7) is 4.06. The molecule has 38 heavy (non-hydrogen) atoms. The number of nitrogens with zero attached hydrogens (tertiary/aromatic N) is 2. The van der Waals surface area contributed by atoms with Gasteiger partial charge in [-0.15, -0.1) is 11.3 Å². The Bertz CT molecular complexity index is 1410. The maximum absolute atomic E-state index is 13.5. The first-order chi connectivity index (χ1) is 18.1. The van der Waals surface area contributed by atoms with Crippen LogP contribution in [0.4, 0.5) is 5.82 Å². The summed E-state index contributed by atoms with van der Waals surface area (Å²) in [5.74, 6) is -0.519. The van der Waals surface area contributed by atoms with Gasteiger partial charge in [-0.05, 0) is 54.7 Å². The summed E-state index contributed by atoms with van der Waals surface area (Å²) in [4.78, 5) is 23.2. The van der Waals surface area contributed by atoms with Crippen molar-refractivity contribution < 1.29 is 27.2 Å². The molecule has 1 aliphatic rings. The number of halogens is 1. The van der Waals surface area contributed by atoms with Gasteiger partial charge in [-0.2, -0.15) is 8.42 Å². The molecule has 1 aliphatic heterocycles. The third-order valence-electron chi connectivity index (χ3n) is 6.46. The van der Waals surface area contributed by atoms with E-state index >= 15 is 0 Å². The number of anilines is 1. The van der Waals surface area contributed by atoms with Crippen LogP contribution in [0.25, 0.3) is 0 Å². The van der Waals surface area contributed by atoms with Crippen molar-refractivity contribution in [1.29, 1.82) is 0 Å². The van der Waals surface area contributed by atoms with Crippen LogP contribution in [-0.2, 0) is 25.6 Å². The number of fused-ring (bicyclic) bond motifs is 1. The maximum Gasteiger partial charge on any atom is 0.333 e. The van der Waals surface area contributed by atoms with Gasteiger partial charge in [-0.3, -0.25) is 8.98 Å². The standard InChI is InChI=1S/C25H29ClN4O6S2/c1-3-15(12-36-38(27,33)34)21(31)11-29-25-20(10-28-13-30-25)23(32)22-9-18(14(2)37-22)24-19-8-17(26)5-4-16(19)6-7-35-24/h4-5,8-10,13,15,21,24,31H,3,6-7,11-12H2,1-2H3,(H2,27,33,34)(H,28,29,30)/t15-,21+,24?/m1/s1. The monoisotopic (exact) mass is 580 g/mol. The molecule has 0 radical (unpaired) electrons. The van der Waals surface area contributed by atoms with E-state index in [2.05, 4.69) is 19.5 Å². The number of aliphatic hydroxyl groups is 1. The lowest BCUT2D eigenvalue weighted by Crippen LogP contribution is -2.33. The van der Waals surface area contributed by atoms with Crippen molar-refractivity contribution in [2.24, 2.45) is 11.1 Å². The summed E-state index contributed by atoms with van der Waals surface area (Å²) in [5.41, 5.74) is 3.32. The predicted molar refractivity (Wildman–Crippen MR) is 145 cm³/mol. The van der Waals surface area contributed by atoms with Crippen molar-refractivity contribution >= 4 is 44.8 Å². The molecule has 0 saturated heterocycles. The number of hydrogen-bond acceptors (Lipinski definition) is 10. The van der Waals surface area contributed by atoms with E-state index in [4.69, 9.17) is 21.5 Å². The summed E-state index contributed by atoms with van der Waals surface area (Å²) in [6.07, 6.45) is 2.67. The lowest BCUT2D eigenvalue weighted by atomic mass is 9.93. The molecule has 204 valence electrons. The van der Waals surface area contributed by atoms with Gasteiger partial charge in [0.15, 0.2) is 0 Å². The van der Waals surface area contributed by atoms with Crippen LogP contribution in [0, 0.1) is 12.8 Å². The van der Waals surface area contributed by atoms with E-state index in [9.17, 15) is 18.3 Å². The zero-order chi connectivity index (χ0) is 27.4. The van der Waals surface area contributed by atoms with Crippen molar-refractivity contribution in [2.45, 2.75) is 38.9 Å². The number of thiophene rings is 1. The fourth-order valence-electron chi connectivity index (χ4n) is 4.36. The van der Waals surface area contributed by atoms with Gasteiger partial charge in [0.2, 0.25) is 5.78 Å². The molecule has 10 nitrogen and oxygen atoms in total. The fourth-order valence-corrected chi connectivity index (χ4v) is 5.91. The molecule has 3 aromatic rings. The molecule has 0 aliphatic carbocycles. The Balaban J connectivity index is 1.52. The molecule has 0 spiro atoms. The number of hydrogen-bond donors (Lipinski definition) is 3. The summed E-state index contributed by atoms with van der Waals surface area (Å²) >= 11 is 7.62. The van der Waals surface area contributed by atoms with Crippen LogP contribution in [0.1, 0.15) is 56.3 Å². The molecule has 0 amide bonds. The Morgan fingerprint density at radius 2 is 2.16 bits per heavy atom. The number of aryl methyl sites for hydroxylation is 1. The molecule has 0 bridgehead atoms. The normalized spacial score (nSPS) is 17.0. The second kappa shape index (κ2) is 12.2. The van der Waals surface area contributed by atoms with Crippen LogP contribution >= 0.6 is 22.9 Å². The van der Waals surface area contributed by atoms with Crippen LogP contribution in [0.3, 0.4) is 0 Å². The second-order valence-corrected chi connectivity index (χ2v) is 11.9. The third-order valence-corrected chi connectivity index (χ3v) is 8.22. The number of aromatic nitrogens is 2. The summed E-state index contributed by atoms with van der Waals surface area (Å²) in [6, 6.07) is 7.63. The maximum atomic E-state index is 13.5. The fraction of sp³-hybridized carbons (Fsp3) is 0.400. The number of ketones is 1. The molecule has 4 rings (SSSR count). The molecule has 0 fully saturated rings. The van der Waals surface area contributed by atoms with Crippen LogP contribution < -0.4 is 10.5 Å². The summed E-state index contributed by atoms with van der Waals surface area (Å²) < 4.78 is 32.9. The van der Waals surface area contributed by atoms with Crippen molar-refractivity contribution in [2.75, 3.05) is 25.1 Å². The highest BCUT2D eigenvalue weighted by Crippen LogP contribution is 2.39. The molecule has 4 N–H and O–H groups in total. The first-order valence-electron chi connectivity index (χ1n) is 12.0. The SMILES string of the molecule is CC[C@H](COS(N)(=O)=O)[C@@H](O)CNc1ncncc1C(=O)c1cc(C2OCCc3ccc(Cl)cc32)c(C)s1. The Kier molecular flexibility index (Phi) is 9.14. The minimum Gasteiger partial charge on any atom is -0.391 e.